The molecule has 2 unspecified atom stereocenters. The number of anilines is 1. The van der Waals surface area contributed by atoms with Gasteiger partial charge in [-0.15, -0.1) is 0 Å². The molecule has 0 spiro atoms. The van der Waals surface area contributed by atoms with Crippen LogP contribution in [-0.2, 0) is 6.54 Å². The van der Waals surface area contributed by atoms with Gasteiger partial charge in [-0.05, 0) is 29.4 Å². The molecule has 1 aromatic heterocycles. The van der Waals surface area contributed by atoms with E-state index < -0.39 is 0 Å². The summed E-state index contributed by atoms with van der Waals surface area (Å²) in [5.41, 5.74) is 1.98. The maximum atomic E-state index is 4.47. The first kappa shape index (κ1) is 11.0. The maximum Gasteiger partial charge on any atom is 0.127 e. The molecule has 1 saturated heterocycles. The second-order valence-corrected chi connectivity index (χ2v) is 6.14. The van der Waals surface area contributed by atoms with Crippen LogP contribution in [0.25, 0.3) is 0 Å². The molecule has 2 aliphatic rings. The smallest absolute Gasteiger partial charge is 0.127 e. The summed E-state index contributed by atoms with van der Waals surface area (Å²) in [5.74, 6) is 2.00. The van der Waals surface area contributed by atoms with E-state index in [1.165, 1.54) is 25.1 Å². The summed E-state index contributed by atoms with van der Waals surface area (Å²) in [6.07, 6.45) is 3.46. The van der Waals surface area contributed by atoms with E-state index in [0.717, 1.165) is 18.3 Å². The van der Waals surface area contributed by atoms with Gasteiger partial charge in [-0.25, -0.2) is 4.98 Å². The molecule has 3 nitrogen and oxygen atoms in total. The summed E-state index contributed by atoms with van der Waals surface area (Å²) in [4.78, 5) is 9.07. The quantitative estimate of drug-likeness (QED) is 0.793. The lowest BCUT2D eigenvalue weighted by Gasteiger charge is -2.19. The Morgan fingerprint density at radius 1 is 1.47 bits per heavy atom. The van der Waals surface area contributed by atoms with Crippen molar-refractivity contribution < 1.29 is 0 Å². The molecule has 2 atom stereocenters. The van der Waals surface area contributed by atoms with Crippen LogP contribution in [0.1, 0.15) is 18.9 Å². The van der Waals surface area contributed by atoms with Gasteiger partial charge in [0.25, 0.3) is 0 Å². The van der Waals surface area contributed by atoms with E-state index in [0.29, 0.717) is 5.41 Å². The van der Waals surface area contributed by atoms with Crippen molar-refractivity contribution in [3.63, 3.8) is 0 Å². The molecule has 1 aromatic rings. The number of rotatable bonds is 3. The Bertz CT molecular complexity index is 412. The summed E-state index contributed by atoms with van der Waals surface area (Å²) in [5, 5.41) is 0. The molecule has 3 rings (SSSR count). The highest BCUT2D eigenvalue weighted by atomic mass is 15.2. The summed E-state index contributed by atoms with van der Waals surface area (Å²) < 4.78 is 0. The summed E-state index contributed by atoms with van der Waals surface area (Å²) in [6.45, 7) is 6.04. The minimum absolute atomic E-state index is 0.650. The summed E-state index contributed by atoms with van der Waals surface area (Å²) in [6, 6.07) is 4.31. The molecule has 0 aromatic carbocycles. The van der Waals surface area contributed by atoms with Crippen molar-refractivity contribution in [1.82, 2.24) is 9.88 Å². The third kappa shape index (κ3) is 2.04. The fourth-order valence-electron chi connectivity index (χ4n) is 3.02. The monoisotopic (exact) mass is 231 g/mol. The Morgan fingerprint density at radius 2 is 2.29 bits per heavy atom. The minimum atomic E-state index is 0.650. The van der Waals surface area contributed by atoms with Crippen LogP contribution in [0.15, 0.2) is 18.3 Å². The highest BCUT2D eigenvalue weighted by molar-refractivity contribution is 5.37. The van der Waals surface area contributed by atoms with Crippen LogP contribution in [0, 0.1) is 11.3 Å². The Labute approximate surface area is 103 Å². The van der Waals surface area contributed by atoms with Crippen LogP contribution < -0.4 is 4.90 Å². The molecule has 0 bridgehead atoms. The van der Waals surface area contributed by atoms with Gasteiger partial charge in [0, 0.05) is 39.9 Å². The molecule has 2 fully saturated rings. The van der Waals surface area contributed by atoms with E-state index in [1.54, 1.807) is 0 Å². The molecule has 17 heavy (non-hydrogen) atoms. The van der Waals surface area contributed by atoms with E-state index >= 15 is 0 Å². The zero-order valence-electron chi connectivity index (χ0n) is 11.0. The lowest BCUT2D eigenvalue weighted by molar-refractivity contribution is 0.278. The van der Waals surface area contributed by atoms with E-state index in [-0.39, 0.29) is 0 Å². The van der Waals surface area contributed by atoms with E-state index in [2.05, 4.69) is 28.9 Å². The first-order valence-electron chi connectivity index (χ1n) is 6.41. The largest absolute Gasteiger partial charge is 0.363 e. The van der Waals surface area contributed by atoms with Crippen molar-refractivity contribution in [2.24, 2.45) is 11.3 Å². The van der Waals surface area contributed by atoms with Crippen LogP contribution >= 0.6 is 0 Å². The van der Waals surface area contributed by atoms with Crippen LogP contribution in [0.4, 0.5) is 5.82 Å². The lowest BCUT2D eigenvalue weighted by Crippen LogP contribution is -2.24. The number of hydrogen-bond donors (Lipinski definition) is 0. The third-order valence-corrected chi connectivity index (χ3v) is 4.28. The number of pyridine rings is 1. The Kier molecular flexibility index (Phi) is 2.40. The maximum absolute atomic E-state index is 4.47. The topological polar surface area (TPSA) is 19.4 Å². The number of likely N-dealkylation sites (tertiary alicyclic amines) is 1. The van der Waals surface area contributed by atoms with Crippen molar-refractivity contribution in [2.45, 2.75) is 19.9 Å². The van der Waals surface area contributed by atoms with Crippen molar-refractivity contribution in [3.8, 4) is 0 Å². The second-order valence-electron chi connectivity index (χ2n) is 6.14. The third-order valence-electron chi connectivity index (χ3n) is 4.28. The van der Waals surface area contributed by atoms with Gasteiger partial charge in [0.15, 0.2) is 0 Å². The van der Waals surface area contributed by atoms with Gasteiger partial charge in [0.05, 0.1) is 0 Å². The zero-order chi connectivity index (χ0) is 12.0. The molecule has 0 amide bonds. The van der Waals surface area contributed by atoms with Gasteiger partial charge in [-0.3, -0.25) is 4.90 Å². The van der Waals surface area contributed by atoms with Crippen LogP contribution in [0.5, 0.6) is 0 Å². The van der Waals surface area contributed by atoms with Crippen molar-refractivity contribution in [1.29, 1.82) is 0 Å². The van der Waals surface area contributed by atoms with E-state index in [9.17, 15) is 0 Å². The zero-order valence-corrected chi connectivity index (χ0v) is 11.0. The van der Waals surface area contributed by atoms with Gasteiger partial charge >= 0.3 is 0 Å². The number of hydrogen-bond acceptors (Lipinski definition) is 3. The van der Waals surface area contributed by atoms with Crippen LogP contribution in [0.3, 0.4) is 0 Å². The van der Waals surface area contributed by atoms with E-state index in [1.807, 2.05) is 25.2 Å². The van der Waals surface area contributed by atoms with Gasteiger partial charge < -0.3 is 4.90 Å². The molecule has 1 aliphatic heterocycles. The molecule has 3 heteroatoms. The molecule has 1 saturated carbocycles. The normalized spacial score (nSPS) is 31.4. The SMILES string of the molecule is CN(C)c1ccc(CN2CC3CC3(C)C2)cn1. The molecular weight excluding hydrogens is 210 g/mol. The Hall–Kier alpha value is -1.09. The number of fused-ring (bicyclic) bond motifs is 1. The van der Waals surface area contributed by atoms with Crippen molar-refractivity contribution in [3.05, 3.63) is 23.9 Å². The second kappa shape index (κ2) is 3.70. The molecule has 0 N–H and O–H groups in total. The fraction of sp³-hybridized carbons (Fsp3) is 0.643. The van der Waals surface area contributed by atoms with Gasteiger partial charge in [-0.2, -0.15) is 0 Å². The van der Waals surface area contributed by atoms with Crippen molar-refractivity contribution in [2.75, 3.05) is 32.1 Å². The van der Waals surface area contributed by atoms with Crippen LogP contribution in [0.2, 0.25) is 0 Å². The fourth-order valence-corrected chi connectivity index (χ4v) is 3.02. The highest BCUT2D eigenvalue weighted by Crippen LogP contribution is 2.57. The summed E-state index contributed by atoms with van der Waals surface area (Å²) >= 11 is 0. The van der Waals surface area contributed by atoms with Gasteiger partial charge in [0.2, 0.25) is 0 Å². The number of aromatic nitrogens is 1. The van der Waals surface area contributed by atoms with E-state index in [4.69, 9.17) is 0 Å². The molecule has 92 valence electrons. The number of piperidine rings is 1. The lowest BCUT2D eigenvalue weighted by atomic mass is 10.1. The Balaban J connectivity index is 1.62. The molecule has 2 heterocycles. The van der Waals surface area contributed by atoms with Crippen molar-refractivity contribution >= 4 is 5.82 Å². The predicted molar refractivity (Wildman–Crippen MR) is 70.1 cm³/mol. The first-order valence-corrected chi connectivity index (χ1v) is 6.41. The van der Waals surface area contributed by atoms with Gasteiger partial charge in [-0.1, -0.05) is 13.0 Å². The molecule has 1 aliphatic carbocycles. The predicted octanol–water partition coefficient (Wildman–Crippen LogP) is 1.99. The Morgan fingerprint density at radius 3 is 2.82 bits per heavy atom. The highest BCUT2D eigenvalue weighted by Gasteiger charge is 2.55. The minimum Gasteiger partial charge on any atom is -0.363 e. The average Bonchev–Trinajstić information content (AvgIpc) is 2.78. The van der Waals surface area contributed by atoms with Gasteiger partial charge in [0.1, 0.15) is 5.82 Å². The first-order chi connectivity index (χ1) is 8.07. The average molecular weight is 231 g/mol. The summed E-state index contributed by atoms with van der Waals surface area (Å²) in [7, 11) is 4.05. The molecule has 0 radical (unpaired) electrons. The molecular formula is C14H21N3. The standard InChI is InChI=1S/C14H21N3/c1-14-6-12(14)9-17(10-14)8-11-4-5-13(15-7-11)16(2)3/h4-5,7,12H,6,8-10H2,1-3H3. The number of nitrogens with zero attached hydrogens (tertiary/aromatic N) is 3. The van der Waals surface area contributed by atoms with Crippen LogP contribution in [-0.4, -0.2) is 37.1 Å².